The monoisotopic (exact) mass is 174 g/mol. The summed E-state index contributed by atoms with van der Waals surface area (Å²) >= 11 is 0. The topological polar surface area (TPSA) is 0 Å². The van der Waals surface area contributed by atoms with Crippen LogP contribution in [0.1, 0.15) is 44.6 Å². The lowest BCUT2D eigenvalue weighted by molar-refractivity contribution is 0.224. The van der Waals surface area contributed by atoms with Gasteiger partial charge in [0.05, 0.1) is 0 Å². The van der Waals surface area contributed by atoms with E-state index in [-0.39, 0.29) is 0 Å². The van der Waals surface area contributed by atoms with E-state index in [1.165, 1.54) is 32.1 Å². The fourth-order valence-corrected chi connectivity index (χ4v) is 2.56. The summed E-state index contributed by atoms with van der Waals surface area (Å²) in [7, 11) is 0. The SMILES string of the molecule is CCCC1(c2ccccc2)CCC1. The molecule has 0 atom stereocenters. The molecule has 0 nitrogen and oxygen atoms in total. The molecule has 0 aromatic heterocycles. The van der Waals surface area contributed by atoms with Crippen LogP contribution in [-0.2, 0) is 5.41 Å². The van der Waals surface area contributed by atoms with Crippen molar-refractivity contribution < 1.29 is 0 Å². The Balaban J connectivity index is 2.22. The summed E-state index contributed by atoms with van der Waals surface area (Å²) in [5.74, 6) is 0. The van der Waals surface area contributed by atoms with Gasteiger partial charge in [-0.25, -0.2) is 0 Å². The molecule has 1 aromatic carbocycles. The molecule has 1 aliphatic carbocycles. The summed E-state index contributed by atoms with van der Waals surface area (Å²) in [6.07, 6.45) is 6.93. The van der Waals surface area contributed by atoms with E-state index in [4.69, 9.17) is 0 Å². The van der Waals surface area contributed by atoms with Crippen LogP contribution in [-0.4, -0.2) is 0 Å². The zero-order valence-corrected chi connectivity index (χ0v) is 8.42. The first-order valence-electron chi connectivity index (χ1n) is 5.43. The predicted octanol–water partition coefficient (Wildman–Crippen LogP) is 3.91. The smallest absolute Gasteiger partial charge is 0.00471 e. The van der Waals surface area contributed by atoms with Crippen LogP contribution >= 0.6 is 0 Å². The third-order valence-electron chi connectivity index (χ3n) is 3.43. The van der Waals surface area contributed by atoms with E-state index in [0.29, 0.717) is 5.41 Å². The molecular formula is C13H18. The van der Waals surface area contributed by atoms with Gasteiger partial charge in [0.25, 0.3) is 0 Å². The first-order chi connectivity index (χ1) is 6.37. The summed E-state index contributed by atoms with van der Waals surface area (Å²) in [6, 6.07) is 11.1. The van der Waals surface area contributed by atoms with Gasteiger partial charge in [-0.15, -0.1) is 0 Å². The first kappa shape index (κ1) is 8.80. The third-order valence-corrected chi connectivity index (χ3v) is 3.43. The van der Waals surface area contributed by atoms with E-state index >= 15 is 0 Å². The molecule has 0 unspecified atom stereocenters. The molecule has 0 saturated heterocycles. The molecule has 70 valence electrons. The fourth-order valence-electron chi connectivity index (χ4n) is 2.56. The predicted molar refractivity (Wildman–Crippen MR) is 56.9 cm³/mol. The second-order valence-corrected chi connectivity index (χ2v) is 4.25. The molecule has 0 heteroatoms. The van der Waals surface area contributed by atoms with E-state index in [1.807, 2.05) is 0 Å². The lowest BCUT2D eigenvalue weighted by Crippen LogP contribution is -2.33. The fraction of sp³-hybridized carbons (Fsp3) is 0.538. The summed E-state index contributed by atoms with van der Waals surface area (Å²) in [6.45, 7) is 2.29. The highest BCUT2D eigenvalue weighted by Crippen LogP contribution is 2.46. The second-order valence-electron chi connectivity index (χ2n) is 4.25. The van der Waals surface area contributed by atoms with Gasteiger partial charge in [-0.2, -0.15) is 0 Å². The van der Waals surface area contributed by atoms with E-state index in [9.17, 15) is 0 Å². The van der Waals surface area contributed by atoms with Gasteiger partial charge in [-0.1, -0.05) is 50.1 Å². The first-order valence-corrected chi connectivity index (χ1v) is 5.43. The Kier molecular flexibility index (Phi) is 2.39. The molecule has 1 saturated carbocycles. The molecule has 0 N–H and O–H groups in total. The summed E-state index contributed by atoms with van der Waals surface area (Å²) < 4.78 is 0. The Morgan fingerprint density at radius 1 is 1.15 bits per heavy atom. The van der Waals surface area contributed by atoms with Crippen LogP contribution in [0, 0.1) is 0 Å². The Hall–Kier alpha value is -0.780. The Labute approximate surface area is 81.0 Å². The second kappa shape index (κ2) is 3.53. The summed E-state index contributed by atoms with van der Waals surface area (Å²) in [5.41, 5.74) is 2.14. The zero-order valence-electron chi connectivity index (χ0n) is 8.42. The Bertz CT molecular complexity index is 257. The Morgan fingerprint density at radius 3 is 2.31 bits per heavy atom. The van der Waals surface area contributed by atoms with Crippen LogP contribution in [0.3, 0.4) is 0 Å². The summed E-state index contributed by atoms with van der Waals surface area (Å²) in [5, 5.41) is 0. The van der Waals surface area contributed by atoms with Gasteiger partial charge in [-0.05, 0) is 30.2 Å². The van der Waals surface area contributed by atoms with Crippen molar-refractivity contribution in [3.05, 3.63) is 35.9 Å². The zero-order chi connectivity index (χ0) is 9.15. The molecule has 0 aliphatic heterocycles. The lowest BCUT2D eigenvalue weighted by atomic mass is 9.62. The minimum Gasteiger partial charge on any atom is -0.0654 e. The number of benzene rings is 1. The molecule has 0 bridgehead atoms. The number of hydrogen-bond acceptors (Lipinski definition) is 0. The number of hydrogen-bond donors (Lipinski definition) is 0. The van der Waals surface area contributed by atoms with Crippen molar-refractivity contribution in [1.29, 1.82) is 0 Å². The van der Waals surface area contributed by atoms with E-state index in [2.05, 4.69) is 37.3 Å². The van der Waals surface area contributed by atoms with E-state index < -0.39 is 0 Å². The van der Waals surface area contributed by atoms with Gasteiger partial charge in [0, 0.05) is 0 Å². The van der Waals surface area contributed by atoms with Crippen molar-refractivity contribution in [3.63, 3.8) is 0 Å². The minimum atomic E-state index is 0.565. The molecule has 2 rings (SSSR count). The Morgan fingerprint density at radius 2 is 1.85 bits per heavy atom. The standard InChI is InChI=1S/C13H18/c1-2-9-13(10-6-11-13)12-7-4-3-5-8-12/h3-5,7-8H,2,6,9-11H2,1H3. The van der Waals surface area contributed by atoms with Gasteiger partial charge < -0.3 is 0 Å². The minimum absolute atomic E-state index is 0.565. The van der Waals surface area contributed by atoms with Crippen LogP contribution in [0.5, 0.6) is 0 Å². The van der Waals surface area contributed by atoms with Gasteiger partial charge in [0.15, 0.2) is 0 Å². The molecule has 1 fully saturated rings. The van der Waals surface area contributed by atoms with Gasteiger partial charge in [-0.3, -0.25) is 0 Å². The maximum absolute atomic E-state index is 2.30. The van der Waals surface area contributed by atoms with Gasteiger partial charge in [0.1, 0.15) is 0 Å². The maximum atomic E-state index is 2.30. The highest BCUT2D eigenvalue weighted by molar-refractivity contribution is 5.27. The molecule has 13 heavy (non-hydrogen) atoms. The van der Waals surface area contributed by atoms with Crippen LogP contribution in [0.2, 0.25) is 0 Å². The molecule has 0 radical (unpaired) electrons. The van der Waals surface area contributed by atoms with Crippen LogP contribution in [0.25, 0.3) is 0 Å². The maximum Gasteiger partial charge on any atom is -0.00471 e. The average molecular weight is 174 g/mol. The van der Waals surface area contributed by atoms with E-state index in [0.717, 1.165) is 0 Å². The highest BCUT2D eigenvalue weighted by atomic mass is 14.4. The highest BCUT2D eigenvalue weighted by Gasteiger charge is 2.37. The van der Waals surface area contributed by atoms with Gasteiger partial charge >= 0.3 is 0 Å². The largest absolute Gasteiger partial charge is 0.0654 e. The van der Waals surface area contributed by atoms with Crippen molar-refractivity contribution in [3.8, 4) is 0 Å². The molecule has 0 amide bonds. The van der Waals surface area contributed by atoms with Crippen molar-refractivity contribution >= 4 is 0 Å². The quantitative estimate of drug-likeness (QED) is 0.651. The van der Waals surface area contributed by atoms with Crippen molar-refractivity contribution in [2.24, 2.45) is 0 Å². The molecule has 0 spiro atoms. The molecular weight excluding hydrogens is 156 g/mol. The average Bonchev–Trinajstić information content (AvgIpc) is 2.13. The lowest BCUT2D eigenvalue weighted by Gasteiger charge is -2.42. The molecule has 1 aliphatic rings. The van der Waals surface area contributed by atoms with Crippen LogP contribution in [0.4, 0.5) is 0 Å². The molecule has 1 aromatic rings. The van der Waals surface area contributed by atoms with Crippen molar-refractivity contribution in [1.82, 2.24) is 0 Å². The van der Waals surface area contributed by atoms with Crippen LogP contribution in [0.15, 0.2) is 30.3 Å². The van der Waals surface area contributed by atoms with Gasteiger partial charge in [0.2, 0.25) is 0 Å². The van der Waals surface area contributed by atoms with Crippen molar-refractivity contribution in [2.75, 3.05) is 0 Å². The summed E-state index contributed by atoms with van der Waals surface area (Å²) in [4.78, 5) is 0. The third kappa shape index (κ3) is 1.50. The van der Waals surface area contributed by atoms with Crippen LogP contribution < -0.4 is 0 Å². The molecule has 0 heterocycles. The number of rotatable bonds is 3. The van der Waals surface area contributed by atoms with E-state index in [1.54, 1.807) is 5.56 Å². The van der Waals surface area contributed by atoms with Crippen molar-refractivity contribution in [2.45, 2.75) is 44.4 Å². The normalized spacial score (nSPS) is 19.5.